The second-order valence-corrected chi connectivity index (χ2v) is 4.97. The van der Waals surface area contributed by atoms with Crippen LogP contribution in [0.25, 0.3) is 22.2 Å². The zero-order valence-electron chi connectivity index (χ0n) is 12.2. The van der Waals surface area contributed by atoms with E-state index in [2.05, 4.69) is 15.0 Å². The van der Waals surface area contributed by atoms with Crippen molar-refractivity contribution in [2.45, 2.75) is 6.61 Å². The van der Waals surface area contributed by atoms with Crippen LogP contribution in [0.5, 0.6) is 5.88 Å². The summed E-state index contributed by atoms with van der Waals surface area (Å²) in [5.74, 6) is 1.75. The van der Waals surface area contributed by atoms with Crippen molar-refractivity contribution in [1.82, 2.24) is 15.0 Å². The molecule has 5 heteroatoms. The number of ether oxygens (including phenoxy) is 1. The fourth-order valence-corrected chi connectivity index (χ4v) is 2.34. The van der Waals surface area contributed by atoms with Gasteiger partial charge in [0, 0.05) is 5.56 Å². The minimum absolute atomic E-state index is 0.216. The van der Waals surface area contributed by atoms with Gasteiger partial charge in [0.1, 0.15) is 6.33 Å². The van der Waals surface area contributed by atoms with Crippen LogP contribution in [0, 0.1) is 0 Å². The normalized spacial score (nSPS) is 10.8. The Kier molecular flexibility index (Phi) is 3.44. The van der Waals surface area contributed by atoms with Gasteiger partial charge in [0.15, 0.2) is 12.4 Å². The molecule has 0 spiro atoms. The lowest BCUT2D eigenvalue weighted by Gasteiger charge is -2.05. The zero-order chi connectivity index (χ0) is 15.5. The maximum atomic E-state index is 5.75. The maximum absolute atomic E-state index is 5.75. The molecule has 2 aromatic heterocycles. The molecule has 0 unspecified atom stereocenters. The van der Waals surface area contributed by atoms with Crippen LogP contribution in [0.15, 0.2) is 71.5 Å². The molecule has 0 saturated carbocycles. The average Bonchev–Trinajstić information content (AvgIpc) is 3.10. The number of oxazole rings is 1. The summed E-state index contributed by atoms with van der Waals surface area (Å²) in [4.78, 5) is 12.6. The highest BCUT2D eigenvalue weighted by atomic mass is 16.5. The van der Waals surface area contributed by atoms with Crippen LogP contribution >= 0.6 is 0 Å². The Bertz CT molecular complexity index is 930. The largest absolute Gasteiger partial charge is 0.467 e. The van der Waals surface area contributed by atoms with Crippen LogP contribution in [0.2, 0.25) is 0 Å². The van der Waals surface area contributed by atoms with Gasteiger partial charge in [-0.25, -0.2) is 15.0 Å². The fraction of sp³-hybridized carbons (Fsp3) is 0.0556. The Labute approximate surface area is 132 Å². The first-order chi connectivity index (χ1) is 11.4. The Morgan fingerprint density at radius 3 is 2.61 bits per heavy atom. The lowest BCUT2D eigenvalue weighted by Crippen LogP contribution is -1.98. The summed E-state index contributed by atoms with van der Waals surface area (Å²) in [6.45, 7) is 0.216. The van der Waals surface area contributed by atoms with E-state index in [0.29, 0.717) is 11.8 Å². The summed E-state index contributed by atoms with van der Waals surface area (Å²) in [5.41, 5.74) is 1.83. The van der Waals surface area contributed by atoms with Gasteiger partial charge in [0.05, 0.1) is 17.1 Å². The molecular weight excluding hydrogens is 290 g/mol. The number of nitrogens with zero attached hydrogens (tertiary/aromatic N) is 3. The molecule has 0 aliphatic heterocycles. The maximum Gasteiger partial charge on any atom is 0.233 e. The first-order valence-electron chi connectivity index (χ1n) is 7.23. The molecule has 0 atom stereocenters. The van der Waals surface area contributed by atoms with Gasteiger partial charge in [-0.05, 0) is 12.1 Å². The van der Waals surface area contributed by atoms with Crippen molar-refractivity contribution >= 4 is 10.9 Å². The monoisotopic (exact) mass is 303 g/mol. The van der Waals surface area contributed by atoms with Crippen molar-refractivity contribution in [2.75, 3.05) is 0 Å². The number of hydrogen-bond donors (Lipinski definition) is 0. The fourth-order valence-electron chi connectivity index (χ4n) is 2.34. The molecule has 0 aliphatic carbocycles. The quantitative estimate of drug-likeness (QED) is 0.573. The second kappa shape index (κ2) is 5.88. The SMILES string of the molecule is c1ccc(-c2cnc(COc3ncnc4ccccc34)o2)cc1. The highest BCUT2D eigenvalue weighted by molar-refractivity contribution is 5.82. The summed E-state index contributed by atoms with van der Waals surface area (Å²) in [7, 11) is 0. The van der Waals surface area contributed by atoms with E-state index in [-0.39, 0.29) is 6.61 Å². The van der Waals surface area contributed by atoms with Crippen LogP contribution in [0.1, 0.15) is 5.89 Å². The number of fused-ring (bicyclic) bond motifs is 1. The molecule has 5 nitrogen and oxygen atoms in total. The van der Waals surface area contributed by atoms with Gasteiger partial charge in [-0.2, -0.15) is 0 Å². The van der Waals surface area contributed by atoms with E-state index < -0.39 is 0 Å². The van der Waals surface area contributed by atoms with Crippen molar-refractivity contribution in [3.63, 3.8) is 0 Å². The number of hydrogen-bond acceptors (Lipinski definition) is 5. The average molecular weight is 303 g/mol. The van der Waals surface area contributed by atoms with Crippen molar-refractivity contribution in [3.8, 4) is 17.2 Å². The summed E-state index contributed by atoms with van der Waals surface area (Å²) < 4.78 is 11.5. The molecule has 2 heterocycles. The number of benzene rings is 2. The third-order valence-corrected chi connectivity index (χ3v) is 3.45. The highest BCUT2D eigenvalue weighted by Crippen LogP contribution is 2.23. The predicted molar refractivity (Wildman–Crippen MR) is 85.8 cm³/mol. The van der Waals surface area contributed by atoms with Crippen LogP contribution in [0.3, 0.4) is 0 Å². The molecule has 2 aromatic carbocycles. The number of para-hydroxylation sites is 1. The molecule has 23 heavy (non-hydrogen) atoms. The molecule has 0 aliphatic rings. The van der Waals surface area contributed by atoms with Crippen molar-refractivity contribution < 1.29 is 9.15 Å². The third kappa shape index (κ3) is 2.76. The number of rotatable bonds is 4. The van der Waals surface area contributed by atoms with Crippen LogP contribution in [0.4, 0.5) is 0 Å². The molecule has 0 bridgehead atoms. The first-order valence-corrected chi connectivity index (χ1v) is 7.23. The van der Waals surface area contributed by atoms with Crippen molar-refractivity contribution in [2.24, 2.45) is 0 Å². The van der Waals surface area contributed by atoms with Crippen molar-refractivity contribution in [1.29, 1.82) is 0 Å². The molecule has 4 aromatic rings. The minimum Gasteiger partial charge on any atom is -0.467 e. The van der Waals surface area contributed by atoms with Crippen LogP contribution in [-0.2, 0) is 6.61 Å². The number of aromatic nitrogens is 3. The molecule has 0 saturated heterocycles. The van der Waals surface area contributed by atoms with Gasteiger partial charge in [0.2, 0.25) is 11.8 Å². The lowest BCUT2D eigenvalue weighted by atomic mass is 10.2. The zero-order valence-corrected chi connectivity index (χ0v) is 12.2. The molecule has 0 fully saturated rings. The van der Waals surface area contributed by atoms with E-state index >= 15 is 0 Å². The van der Waals surface area contributed by atoms with Gasteiger partial charge >= 0.3 is 0 Å². The highest BCUT2D eigenvalue weighted by Gasteiger charge is 2.09. The molecular formula is C18H13N3O2. The van der Waals surface area contributed by atoms with Crippen LogP contribution < -0.4 is 4.74 Å². The molecule has 112 valence electrons. The molecule has 4 rings (SSSR count). The molecule has 0 radical (unpaired) electrons. The summed E-state index contributed by atoms with van der Waals surface area (Å²) in [6.07, 6.45) is 3.19. The van der Waals surface area contributed by atoms with E-state index in [9.17, 15) is 0 Å². The van der Waals surface area contributed by atoms with E-state index in [1.807, 2.05) is 54.6 Å². The van der Waals surface area contributed by atoms with Gasteiger partial charge in [0.25, 0.3) is 0 Å². The van der Waals surface area contributed by atoms with Gasteiger partial charge in [-0.15, -0.1) is 0 Å². The van der Waals surface area contributed by atoms with Crippen LogP contribution in [-0.4, -0.2) is 15.0 Å². The lowest BCUT2D eigenvalue weighted by molar-refractivity contribution is 0.258. The summed E-state index contributed by atoms with van der Waals surface area (Å²) in [5, 5.41) is 0.866. The Balaban J connectivity index is 1.54. The Morgan fingerprint density at radius 2 is 1.70 bits per heavy atom. The van der Waals surface area contributed by atoms with Gasteiger partial charge < -0.3 is 9.15 Å². The van der Waals surface area contributed by atoms with E-state index in [4.69, 9.17) is 9.15 Å². The minimum atomic E-state index is 0.216. The predicted octanol–water partition coefficient (Wildman–Crippen LogP) is 3.86. The first kappa shape index (κ1) is 13.5. The molecule has 0 N–H and O–H groups in total. The van der Waals surface area contributed by atoms with Crippen molar-refractivity contribution in [3.05, 3.63) is 73.0 Å². The van der Waals surface area contributed by atoms with E-state index in [1.54, 1.807) is 6.20 Å². The Morgan fingerprint density at radius 1 is 0.870 bits per heavy atom. The topological polar surface area (TPSA) is 61.0 Å². The third-order valence-electron chi connectivity index (χ3n) is 3.45. The Hall–Kier alpha value is -3.21. The molecule has 0 amide bonds. The standard InChI is InChI=1S/C18H13N3O2/c1-2-6-13(7-3-1)16-10-19-17(23-16)11-22-18-14-8-4-5-9-15(14)20-12-21-18/h1-10,12H,11H2. The second-order valence-electron chi connectivity index (χ2n) is 4.97. The van der Waals surface area contributed by atoms with Gasteiger partial charge in [-0.1, -0.05) is 42.5 Å². The van der Waals surface area contributed by atoms with E-state index in [0.717, 1.165) is 22.2 Å². The summed E-state index contributed by atoms with van der Waals surface area (Å²) >= 11 is 0. The van der Waals surface area contributed by atoms with Gasteiger partial charge in [-0.3, -0.25) is 0 Å². The smallest absolute Gasteiger partial charge is 0.233 e. The van der Waals surface area contributed by atoms with E-state index in [1.165, 1.54) is 6.33 Å². The summed E-state index contributed by atoms with van der Waals surface area (Å²) in [6, 6.07) is 17.5.